The Morgan fingerprint density at radius 2 is 1.83 bits per heavy atom. The van der Waals surface area contributed by atoms with Crippen molar-refractivity contribution in [2.75, 3.05) is 18.4 Å². The standard InChI is InChI=1S/C24H30N2O3/c1-5-26-16-24(4,19-9-7-6-8-10-19)29-23(28)21(26)15-22(27)25-20-13-11-18(12-14-20)17(2)3/h6-14,17,21H,5,15-16H2,1-4H3,(H,25,27). The summed E-state index contributed by atoms with van der Waals surface area (Å²) in [5, 5.41) is 2.90. The molecule has 154 valence electrons. The lowest BCUT2D eigenvalue weighted by Gasteiger charge is -2.43. The van der Waals surface area contributed by atoms with E-state index < -0.39 is 11.6 Å². The van der Waals surface area contributed by atoms with Gasteiger partial charge in [0.05, 0.1) is 6.42 Å². The molecule has 1 N–H and O–H groups in total. The summed E-state index contributed by atoms with van der Waals surface area (Å²) < 4.78 is 5.84. The van der Waals surface area contributed by atoms with Crippen LogP contribution in [0, 0.1) is 0 Å². The van der Waals surface area contributed by atoms with Crippen molar-refractivity contribution in [3.05, 3.63) is 65.7 Å². The van der Waals surface area contributed by atoms with Crippen LogP contribution in [0.4, 0.5) is 5.69 Å². The lowest BCUT2D eigenvalue weighted by atomic mass is 9.92. The number of rotatable bonds is 6. The largest absolute Gasteiger partial charge is 0.452 e. The minimum atomic E-state index is -0.714. The Morgan fingerprint density at radius 1 is 1.17 bits per heavy atom. The number of benzene rings is 2. The molecule has 0 spiro atoms. The van der Waals surface area contributed by atoms with Gasteiger partial charge in [0.25, 0.3) is 0 Å². The lowest BCUT2D eigenvalue weighted by Crippen LogP contribution is -2.57. The Hall–Kier alpha value is -2.66. The van der Waals surface area contributed by atoms with Crippen LogP contribution in [0.5, 0.6) is 0 Å². The van der Waals surface area contributed by atoms with Gasteiger partial charge in [0.2, 0.25) is 5.91 Å². The molecule has 5 heteroatoms. The second-order valence-corrected chi connectivity index (χ2v) is 8.13. The summed E-state index contributed by atoms with van der Waals surface area (Å²) in [4.78, 5) is 27.4. The van der Waals surface area contributed by atoms with Gasteiger partial charge in [0, 0.05) is 12.2 Å². The van der Waals surface area contributed by atoms with Crippen LogP contribution in [0.3, 0.4) is 0 Å². The highest BCUT2D eigenvalue weighted by atomic mass is 16.6. The van der Waals surface area contributed by atoms with E-state index in [0.717, 1.165) is 11.3 Å². The summed E-state index contributed by atoms with van der Waals surface area (Å²) in [6, 6.07) is 17.0. The molecule has 2 atom stereocenters. The third kappa shape index (κ3) is 4.85. The SMILES string of the molecule is CCN1CC(C)(c2ccccc2)OC(=O)C1CC(=O)Nc1ccc(C(C)C)cc1. The van der Waals surface area contributed by atoms with Gasteiger partial charge in [-0.2, -0.15) is 0 Å². The molecule has 2 aromatic rings. The number of carbonyl (C=O) groups is 2. The van der Waals surface area contributed by atoms with Gasteiger partial charge in [-0.15, -0.1) is 0 Å². The van der Waals surface area contributed by atoms with E-state index in [2.05, 4.69) is 19.2 Å². The number of ether oxygens (including phenoxy) is 1. The zero-order chi connectivity index (χ0) is 21.0. The third-order valence-corrected chi connectivity index (χ3v) is 5.57. The Kier molecular flexibility index (Phi) is 6.38. The molecule has 29 heavy (non-hydrogen) atoms. The number of carbonyl (C=O) groups excluding carboxylic acids is 2. The van der Waals surface area contributed by atoms with Crippen molar-refractivity contribution in [3.63, 3.8) is 0 Å². The van der Waals surface area contributed by atoms with Gasteiger partial charge in [-0.25, -0.2) is 0 Å². The van der Waals surface area contributed by atoms with Gasteiger partial charge in [-0.05, 0) is 42.6 Å². The highest BCUT2D eigenvalue weighted by molar-refractivity contribution is 5.94. The topological polar surface area (TPSA) is 58.6 Å². The Labute approximate surface area is 173 Å². The van der Waals surface area contributed by atoms with Crippen LogP contribution in [0.25, 0.3) is 0 Å². The van der Waals surface area contributed by atoms with Gasteiger partial charge in [-0.3, -0.25) is 14.5 Å². The smallest absolute Gasteiger partial charge is 0.324 e. The molecule has 0 aliphatic carbocycles. The van der Waals surface area contributed by atoms with Crippen LogP contribution in [-0.2, 0) is 19.9 Å². The quantitative estimate of drug-likeness (QED) is 0.742. The normalized spacial score (nSPS) is 22.4. The van der Waals surface area contributed by atoms with Gasteiger partial charge in [0.15, 0.2) is 0 Å². The van der Waals surface area contributed by atoms with Crippen LogP contribution < -0.4 is 5.32 Å². The Morgan fingerprint density at radius 3 is 2.41 bits per heavy atom. The molecule has 1 aliphatic rings. The van der Waals surface area contributed by atoms with Gasteiger partial charge < -0.3 is 10.1 Å². The Bertz CT molecular complexity index is 848. The summed E-state index contributed by atoms with van der Waals surface area (Å²) in [6.07, 6.45) is 0.0729. The van der Waals surface area contributed by atoms with E-state index in [1.165, 1.54) is 5.56 Å². The van der Waals surface area contributed by atoms with Gasteiger partial charge in [-0.1, -0.05) is 63.2 Å². The first-order chi connectivity index (χ1) is 13.8. The summed E-state index contributed by atoms with van der Waals surface area (Å²) in [6.45, 7) is 9.41. The van der Waals surface area contributed by atoms with E-state index in [9.17, 15) is 9.59 Å². The molecular formula is C24H30N2O3. The molecule has 0 aromatic heterocycles. The molecular weight excluding hydrogens is 364 g/mol. The van der Waals surface area contributed by atoms with E-state index in [0.29, 0.717) is 19.0 Å². The number of hydrogen-bond donors (Lipinski definition) is 1. The molecule has 0 bridgehead atoms. The first kappa shape index (κ1) is 21.1. The van der Waals surface area contributed by atoms with Crippen molar-refractivity contribution < 1.29 is 14.3 Å². The van der Waals surface area contributed by atoms with Crippen molar-refractivity contribution in [1.29, 1.82) is 0 Å². The fraction of sp³-hybridized carbons (Fsp3) is 0.417. The average molecular weight is 395 g/mol. The number of likely N-dealkylation sites (N-methyl/N-ethyl adjacent to an activating group) is 1. The first-order valence-electron chi connectivity index (χ1n) is 10.2. The van der Waals surface area contributed by atoms with E-state index in [1.807, 2.05) is 73.3 Å². The second kappa shape index (κ2) is 8.78. The van der Waals surface area contributed by atoms with Gasteiger partial charge >= 0.3 is 5.97 Å². The molecule has 0 saturated carbocycles. The summed E-state index contributed by atoms with van der Waals surface area (Å²) in [7, 11) is 0. The van der Waals surface area contributed by atoms with Crippen molar-refractivity contribution in [1.82, 2.24) is 4.90 Å². The summed E-state index contributed by atoms with van der Waals surface area (Å²) in [5.41, 5.74) is 2.20. The predicted octanol–water partition coefficient (Wildman–Crippen LogP) is 4.30. The van der Waals surface area contributed by atoms with E-state index in [-0.39, 0.29) is 18.3 Å². The van der Waals surface area contributed by atoms with E-state index in [1.54, 1.807) is 0 Å². The molecule has 5 nitrogen and oxygen atoms in total. The minimum absolute atomic E-state index is 0.0729. The van der Waals surface area contributed by atoms with Crippen molar-refractivity contribution in [2.45, 2.75) is 51.7 Å². The first-order valence-corrected chi connectivity index (χ1v) is 10.2. The molecule has 1 saturated heterocycles. The molecule has 1 aliphatic heterocycles. The van der Waals surface area contributed by atoms with Crippen LogP contribution in [0.1, 0.15) is 51.2 Å². The predicted molar refractivity (Wildman–Crippen MR) is 115 cm³/mol. The number of nitrogens with one attached hydrogen (secondary N) is 1. The molecule has 1 fully saturated rings. The average Bonchev–Trinajstić information content (AvgIpc) is 2.71. The maximum atomic E-state index is 12.8. The number of nitrogens with zero attached hydrogens (tertiary/aromatic N) is 1. The van der Waals surface area contributed by atoms with Crippen LogP contribution >= 0.6 is 0 Å². The summed E-state index contributed by atoms with van der Waals surface area (Å²) in [5.74, 6) is -0.102. The number of cyclic esters (lactones) is 1. The van der Waals surface area contributed by atoms with E-state index >= 15 is 0 Å². The fourth-order valence-corrected chi connectivity index (χ4v) is 3.79. The maximum absolute atomic E-state index is 12.8. The lowest BCUT2D eigenvalue weighted by molar-refractivity contribution is -0.183. The Balaban J connectivity index is 1.67. The highest BCUT2D eigenvalue weighted by Gasteiger charge is 2.44. The van der Waals surface area contributed by atoms with E-state index in [4.69, 9.17) is 4.74 Å². The fourth-order valence-electron chi connectivity index (χ4n) is 3.79. The van der Waals surface area contributed by atoms with Crippen molar-refractivity contribution in [2.24, 2.45) is 0 Å². The molecule has 1 heterocycles. The third-order valence-electron chi connectivity index (χ3n) is 5.57. The zero-order valence-corrected chi connectivity index (χ0v) is 17.6. The molecule has 3 rings (SSSR count). The summed E-state index contributed by atoms with van der Waals surface area (Å²) >= 11 is 0. The molecule has 0 radical (unpaired) electrons. The molecule has 2 unspecified atom stereocenters. The minimum Gasteiger partial charge on any atom is -0.452 e. The van der Waals surface area contributed by atoms with Crippen LogP contribution in [-0.4, -0.2) is 35.9 Å². The molecule has 2 aromatic carbocycles. The maximum Gasteiger partial charge on any atom is 0.324 e. The highest BCUT2D eigenvalue weighted by Crippen LogP contribution is 2.32. The monoisotopic (exact) mass is 394 g/mol. The molecule has 1 amide bonds. The van der Waals surface area contributed by atoms with Crippen molar-refractivity contribution >= 4 is 17.6 Å². The number of anilines is 1. The number of esters is 1. The van der Waals surface area contributed by atoms with Crippen LogP contribution in [0.15, 0.2) is 54.6 Å². The van der Waals surface area contributed by atoms with Crippen LogP contribution in [0.2, 0.25) is 0 Å². The number of morpholine rings is 1. The second-order valence-electron chi connectivity index (χ2n) is 8.13. The number of hydrogen-bond acceptors (Lipinski definition) is 4. The zero-order valence-electron chi connectivity index (χ0n) is 17.6. The van der Waals surface area contributed by atoms with Gasteiger partial charge in [0.1, 0.15) is 11.6 Å². The number of amides is 1. The van der Waals surface area contributed by atoms with Crippen molar-refractivity contribution in [3.8, 4) is 0 Å².